The number of hydrogen-bond donors (Lipinski definition) is 2. The number of nitrogens with one attached hydrogen (secondary N) is 1. The lowest BCUT2D eigenvalue weighted by Gasteiger charge is -2.23. The third kappa shape index (κ3) is 3.03. The minimum absolute atomic E-state index is 0.201. The normalized spacial score (nSPS) is 18.5. The SMILES string of the molecule is C[C@](O)(CNC(=O)c1cccc(F)c1)C1CC1. The van der Waals surface area contributed by atoms with Gasteiger partial charge in [0.2, 0.25) is 0 Å². The van der Waals surface area contributed by atoms with E-state index in [1.807, 2.05) is 0 Å². The van der Waals surface area contributed by atoms with Crippen molar-refractivity contribution >= 4 is 5.91 Å². The van der Waals surface area contributed by atoms with E-state index < -0.39 is 11.4 Å². The fourth-order valence-corrected chi connectivity index (χ4v) is 1.84. The van der Waals surface area contributed by atoms with E-state index in [9.17, 15) is 14.3 Å². The van der Waals surface area contributed by atoms with E-state index in [0.29, 0.717) is 0 Å². The Morgan fingerprint density at radius 1 is 1.59 bits per heavy atom. The van der Waals surface area contributed by atoms with E-state index in [-0.39, 0.29) is 23.9 Å². The number of rotatable bonds is 4. The Kier molecular flexibility index (Phi) is 3.15. The van der Waals surface area contributed by atoms with Crippen molar-refractivity contribution in [1.29, 1.82) is 0 Å². The van der Waals surface area contributed by atoms with Crippen molar-refractivity contribution in [2.45, 2.75) is 25.4 Å². The smallest absolute Gasteiger partial charge is 0.251 e. The molecule has 1 atom stereocenters. The third-order valence-corrected chi connectivity index (χ3v) is 3.15. The molecule has 2 rings (SSSR count). The van der Waals surface area contributed by atoms with Crippen molar-refractivity contribution in [2.24, 2.45) is 5.92 Å². The van der Waals surface area contributed by atoms with E-state index >= 15 is 0 Å². The van der Waals surface area contributed by atoms with Gasteiger partial charge in [-0.3, -0.25) is 4.79 Å². The van der Waals surface area contributed by atoms with Crippen LogP contribution in [0.2, 0.25) is 0 Å². The summed E-state index contributed by atoms with van der Waals surface area (Å²) in [7, 11) is 0. The van der Waals surface area contributed by atoms with E-state index in [1.54, 1.807) is 13.0 Å². The molecule has 0 spiro atoms. The maximum Gasteiger partial charge on any atom is 0.251 e. The minimum Gasteiger partial charge on any atom is -0.388 e. The summed E-state index contributed by atoms with van der Waals surface area (Å²) in [6.07, 6.45) is 2.01. The molecule has 1 aromatic carbocycles. The Balaban J connectivity index is 1.93. The molecular formula is C13H16FNO2. The van der Waals surface area contributed by atoms with Gasteiger partial charge in [-0.15, -0.1) is 0 Å². The van der Waals surface area contributed by atoms with Gasteiger partial charge in [-0.25, -0.2) is 4.39 Å². The summed E-state index contributed by atoms with van der Waals surface area (Å²) >= 11 is 0. The van der Waals surface area contributed by atoms with Crippen LogP contribution < -0.4 is 5.32 Å². The molecule has 0 aromatic heterocycles. The predicted molar refractivity (Wildman–Crippen MR) is 62.1 cm³/mol. The average molecular weight is 237 g/mol. The molecule has 17 heavy (non-hydrogen) atoms. The highest BCUT2D eigenvalue weighted by Crippen LogP contribution is 2.38. The molecule has 1 aromatic rings. The van der Waals surface area contributed by atoms with Crippen molar-refractivity contribution in [3.8, 4) is 0 Å². The van der Waals surface area contributed by atoms with Gasteiger partial charge in [0.25, 0.3) is 5.91 Å². The van der Waals surface area contributed by atoms with Crippen molar-refractivity contribution < 1.29 is 14.3 Å². The number of benzene rings is 1. The lowest BCUT2D eigenvalue weighted by Crippen LogP contribution is -2.42. The highest BCUT2D eigenvalue weighted by molar-refractivity contribution is 5.94. The van der Waals surface area contributed by atoms with Gasteiger partial charge in [0.15, 0.2) is 0 Å². The summed E-state index contributed by atoms with van der Waals surface area (Å²) in [5.74, 6) is -0.521. The van der Waals surface area contributed by atoms with Crippen molar-refractivity contribution in [3.05, 3.63) is 35.6 Å². The first-order valence-electron chi connectivity index (χ1n) is 5.75. The molecule has 0 bridgehead atoms. The van der Waals surface area contributed by atoms with Gasteiger partial charge in [-0.2, -0.15) is 0 Å². The molecule has 92 valence electrons. The minimum atomic E-state index is -0.858. The molecule has 4 heteroatoms. The van der Waals surface area contributed by atoms with E-state index in [0.717, 1.165) is 12.8 Å². The Bertz CT molecular complexity index is 427. The van der Waals surface area contributed by atoms with E-state index in [2.05, 4.69) is 5.32 Å². The molecule has 1 fully saturated rings. The number of aliphatic hydroxyl groups is 1. The Labute approximate surface area is 99.7 Å². The topological polar surface area (TPSA) is 49.3 Å². The first-order valence-corrected chi connectivity index (χ1v) is 5.75. The zero-order valence-electron chi connectivity index (χ0n) is 9.74. The van der Waals surface area contributed by atoms with E-state index in [4.69, 9.17) is 0 Å². The van der Waals surface area contributed by atoms with Crippen LogP contribution in [0.5, 0.6) is 0 Å². The molecule has 1 aliphatic carbocycles. The predicted octanol–water partition coefficient (Wildman–Crippen LogP) is 1.72. The van der Waals surface area contributed by atoms with E-state index in [1.165, 1.54) is 18.2 Å². The second kappa shape index (κ2) is 4.45. The highest BCUT2D eigenvalue weighted by atomic mass is 19.1. The molecule has 3 nitrogen and oxygen atoms in total. The standard InChI is InChI=1S/C13H16FNO2/c1-13(17,10-5-6-10)8-15-12(16)9-3-2-4-11(14)7-9/h2-4,7,10,17H,5-6,8H2,1H3,(H,15,16)/t13-/m0/s1. The maximum absolute atomic E-state index is 12.9. The number of hydrogen-bond acceptors (Lipinski definition) is 2. The van der Waals surface area contributed by atoms with Crippen molar-refractivity contribution in [1.82, 2.24) is 5.32 Å². The second-order valence-electron chi connectivity index (χ2n) is 4.82. The quantitative estimate of drug-likeness (QED) is 0.837. The largest absolute Gasteiger partial charge is 0.388 e. The molecule has 1 saturated carbocycles. The van der Waals surface area contributed by atoms with Crippen LogP contribution in [-0.2, 0) is 0 Å². The van der Waals surface area contributed by atoms with Gasteiger partial charge in [-0.1, -0.05) is 6.07 Å². The maximum atomic E-state index is 12.9. The first-order chi connectivity index (χ1) is 7.99. The lowest BCUT2D eigenvalue weighted by atomic mass is 10.0. The Morgan fingerprint density at radius 3 is 2.88 bits per heavy atom. The van der Waals surface area contributed by atoms with Gasteiger partial charge >= 0.3 is 0 Å². The summed E-state index contributed by atoms with van der Waals surface area (Å²) in [5.41, 5.74) is -0.584. The zero-order chi connectivity index (χ0) is 12.5. The molecule has 0 radical (unpaired) electrons. The van der Waals surface area contributed by atoms with Crippen LogP contribution in [-0.4, -0.2) is 23.2 Å². The summed E-state index contributed by atoms with van der Waals surface area (Å²) in [4.78, 5) is 11.7. The molecular weight excluding hydrogens is 221 g/mol. The highest BCUT2D eigenvalue weighted by Gasteiger charge is 2.39. The number of amides is 1. The molecule has 0 heterocycles. The number of carbonyl (C=O) groups excluding carboxylic acids is 1. The van der Waals surface area contributed by atoms with Crippen LogP contribution in [0.4, 0.5) is 4.39 Å². The van der Waals surface area contributed by atoms with Crippen LogP contribution >= 0.6 is 0 Å². The van der Waals surface area contributed by atoms with Crippen molar-refractivity contribution in [3.63, 3.8) is 0 Å². The molecule has 0 aliphatic heterocycles. The van der Waals surface area contributed by atoms with Crippen LogP contribution in [0, 0.1) is 11.7 Å². The summed E-state index contributed by atoms with van der Waals surface area (Å²) < 4.78 is 12.9. The molecule has 1 amide bonds. The van der Waals surface area contributed by atoms with Gasteiger partial charge in [-0.05, 0) is 43.9 Å². The van der Waals surface area contributed by atoms with Crippen LogP contribution in [0.1, 0.15) is 30.1 Å². The van der Waals surface area contributed by atoms with Crippen LogP contribution in [0.3, 0.4) is 0 Å². The monoisotopic (exact) mass is 237 g/mol. The Morgan fingerprint density at radius 2 is 2.29 bits per heavy atom. The van der Waals surface area contributed by atoms with Gasteiger partial charge in [0.1, 0.15) is 5.82 Å². The van der Waals surface area contributed by atoms with Crippen LogP contribution in [0.15, 0.2) is 24.3 Å². The first kappa shape index (κ1) is 12.0. The second-order valence-corrected chi connectivity index (χ2v) is 4.82. The summed E-state index contributed by atoms with van der Waals surface area (Å²) in [5, 5.41) is 12.6. The molecule has 0 saturated heterocycles. The molecule has 2 N–H and O–H groups in total. The van der Waals surface area contributed by atoms with Gasteiger partial charge in [0, 0.05) is 12.1 Å². The fraction of sp³-hybridized carbons (Fsp3) is 0.462. The summed E-state index contributed by atoms with van der Waals surface area (Å²) in [6, 6.07) is 5.51. The number of carbonyl (C=O) groups is 1. The van der Waals surface area contributed by atoms with Crippen LogP contribution in [0.25, 0.3) is 0 Å². The summed E-state index contributed by atoms with van der Waals surface area (Å²) in [6.45, 7) is 1.92. The number of halogens is 1. The Hall–Kier alpha value is -1.42. The lowest BCUT2D eigenvalue weighted by molar-refractivity contribution is 0.0354. The van der Waals surface area contributed by atoms with Gasteiger partial charge < -0.3 is 10.4 Å². The van der Waals surface area contributed by atoms with Crippen molar-refractivity contribution in [2.75, 3.05) is 6.54 Å². The average Bonchev–Trinajstić information content (AvgIpc) is 3.10. The third-order valence-electron chi connectivity index (χ3n) is 3.15. The molecule has 1 aliphatic rings. The zero-order valence-corrected chi connectivity index (χ0v) is 9.74. The fourth-order valence-electron chi connectivity index (χ4n) is 1.84. The molecule has 0 unspecified atom stereocenters. The van der Waals surface area contributed by atoms with Gasteiger partial charge in [0.05, 0.1) is 5.60 Å².